The van der Waals surface area contributed by atoms with Crippen molar-refractivity contribution in [2.45, 2.75) is 64.3 Å². The lowest BCUT2D eigenvalue weighted by Crippen LogP contribution is -2.70. The Morgan fingerprint density at radius 2 is 1.51 bits per heavy atom. The zero-order valence-electron chi connectivity index (χ0n) is 29.5. The molecule has 51 heavy (non-hydrogen) atoms. The Morgan fingerprint density at radius 3 is 2.00 bits per heavy atom. The number of nitrogens with one attached hydrogen (secondary N) is 1. The van der Waals surface area contributed by atoms with E-state index >= 15 is 0 Å². The van der Waals surface area contributed by atoms with Crippen LogP contribution >= 0.6 is 0 Å². The average Bonchev–Trinajstić information content (AvgIpc) is 3.54. The van der Waals surface area contributed by atoms with Crippen molar-refractivity contribution in [3.8, 4) is 28.4 Å². The van der Waals surface area contributed by atoms with E-state index in [0.717, 1.165) is 37.7 Å². The molecule has 1 amide bonds. The van der Waals surface area contributed by atoms with Gasteiger partial charge in [-0.25, -0.2) is 9.48 Å². The van der Waals surface area contributed by atoms with Gasteiger partial charge in [0, 0.05) is 0 Å². The fraction of sp³-hybridized carbons (Fsp3) is 0.410. The summed E-state index contributed by atoms with van der Waals surface area (Å²) >= 11 is 0. The Labute approximate surface area is 299 Å². The second-order valence-corrected chi connectivity index (χ2v) is 14.8. The van der Waals surface area contributed by atoms with Gasteiger partial charge >= 0.3 is 16.5 Å². The SMILES string of the molecule is COc1cccc(OC)c1-c1cc(C(=O)NC2(C(=O)O)C3CC4CC(C3)CC2C4)nn1-c1ccc(N=S(=O)=O)cc1C(C)C.Cc1ccccc1. The number of carboxylic acids is 1. The molecule has 268 valence electrons. The minimum absolute atomic E-state index is 0.0477. The number of aromatic nitrogens is 2. The van der Waals surface area contributed by atoms with E-state index in [0.29, 0.717) is 40.3 Å². The van der Waals surface area contributed by atoms with Gasteiger partial charge in [0.1, 0.15) is 17.0 Å². The monoisotopic (exact) mass is 712 g/mol. The number of ether oxygens (including phenoxy) is 2. The van der Waals surface area contributed by atoms with Crippen LogP contribution in [0.3, 0.4) is 0 Å². The number of aliphatic carboxylic acids is 1. The molecule has 2 N–H and O–H groups in total. The van der Waals surface area contributed by atoms with E-state index in [4.69, 9.17) is 14.6 Å². The van der Waals surface area contributed by atoms with Crippen molar-refractivity contribution in [2.24, 2.45) is 28.0 Å². The number of amides is 1. The molecule has 11 nitrogen and oxygen atoms in total. The fourth-order valence-corrected chi connectivity index (χ4v) is 8.90. The van der Waals surface area contributed by atoms with Crippen molar-refractivity contribution in [3.05, 3.63) is 89.6 Å². The highest BCUT2D eigenvalue weighted by atomic mass is 32.2. The Bertz CT molecular complexity index is 2020. The Balaban J connectivity index is 0.000000573. The molecular weight excluding hydrogens is 669 g/mol. The fourth-order valence-electron chi connectivity index (χ4n) is 8.62. The summed E-state index contributed by atoms with van der Waals surface area (Å²) in [7, 11) is 0.443. The van der Waals surface area contributed by atoms with Crippen LogP contribution in [0.15, 0.2) is 77.2 Å². The smallest absolute Gasteiger partial charge is 0.330 e. The lowest BCUT2D eigenvalue weighted by atomic mass is 9.48. The summed E-state index contributed by atoms with van der Waals surface area (Å²) in [4.78, 5) is 27.0. The zero-order valence-corrected chi connectivity index (χ0v) is 30.3. The summed E-state index contributed by atoms with van der Waals surface area (Å²) in [6.45, 7) is 6.00. The largest absolute Gasteiger partial charge is 0.496 e. The molecule has 0 saturated heterocycles. The van der Waals surface area contributed by atoms with E-state index in [1.807, 2.05) is 32.0 Å². The quantitative estimate of drug-likeness (QED) is 0.183. The van der Waals surface area contributed by atoms with Gasteiger partial charge in [-0.05, 0) is 111 Å². The van der Waals surface area contributed by atoms with Gasteiger partial charge in [-0.2, -0.15) is 13.5 Å². The normalized spacial score (nSPS) is 22.9. The molecule has 1 aromatic heterocycles. The van der Waals surface area contributed by atoms with E-state index in [1.165, 1.54) is 19.8 Å². The Kier molecular flexibility index (Phi) is 10.3. The van der Waals surface area contributed by atoms with E-state index in [-0.39, 0.29) is 29.1 Å². The third-order valence-corrected chi connectivity index (χ3v) is 11.1. The summed E-state index contributed by atoms with van der Waals surface area (Å²) in [5.41, 5.74) is 2.67. The summed E-state index contributed by atoms with van der Waals surface area (Å²) < 4.78 is 39.2. The lowest BCUT2D eigenvalue weighted by Gasteiger charge is -2.59. The molecule has 12 heteroatoms. The third kappa shape index (κ3) is 7.01. The van der Waals surface area contributed by atoms with Gasteiger partial charge in [0.25, 0.3) is 5.91 Å². The molecule has 4 aromatic rings. The molecule has 4 saturated carbocycles. The summed E-state index contributed by atoms with van der Waals surface area (Å²) in [5, 5.41) is 18.4. The highest BCUT2D eigenvalue weighted by Crippen LogP contribution is 2.58. The number of carbonyl (C=O) groups excluding carboxylic acids is 1. The van der Waals surface area contributed by atoms with E-state index in [1.54, 1.807) is 47.1 Å². The van der Waals surface area contributed by atoms with Gasteiger partial charge in [0.05, 0.1) is 36.9 Å². The topological polar surface area (TPSA) is 149 Å². The van der Waals surface area contributed by atoms with Gasteiger partial charge in [-0.1, -0.05) is 55.8 Å². The van der Waals surface area contributed by atoms with Gasteiger partial charge in [-0.3, -0.25) is 4.79 Å². The number of benzene rings is 3. The van der Waals surface area contributed by atoms with Gasteiger partial charge in [0.15, 0.2) is 5.69 Å². The number of nitrogens with zero attached hydrogens (tertiary/aromatic N) is 3. The molecule has 4 aliphatic rings. The predicted molar refractivity (Wildman–Crippen MR) is 193 cm³/mol. The van der Waals surface area contributed by atoms with Crippen molar-refractivity contribution in [1.29, 1.82) is 0 Å². The minimum Gasteiger partial charge on any atom is -0.496 e. The molecule has 4 bridgehead atoms. The molecule has 1 heterocycles. The maximum Gasteiger partial charge on any atom is 0.330 e. The number of hydrogen-bond acceptors (Lipinski definition) is 8. The second-order valence-electron chi connectivity index (χ2n) is 14.2. The molecular formula is C39H44N4O7S. The number of rotatable bonds is 9. The molecule has 0 spiro atoms. The maximum atomic E-state index is 14.1. The Morgan fingerprint density at radius 1 is 0.902 bits per heavy atom. The summed E-state index contributed by atoms with van der Waals surface area (Å²) in [6.07, 6.45) is 4.38. The van der Waals surface area contributed by atoms with Crippen LogP contribution in [0, 0.1) is 30.6 Å². The predicted octanol–water partition coefficient (Wildman–Crippen LogP) is 7.38. The summed E-state index contributed by atoms with van der Waals surface area (Å²) in [6, 6.07) is 22.2. The van der Waals surface area contributed by atoms with Crippen molar-refractivity contribution in [3.63, 3.8) is 0 Å². The van der Waals surface area contributed by atoms with Crippen LogP contribution in [0.4, 0.5) is 5.69 Å². The molecule has 4 aliphatic carbocycles. The van der Waals surface area contributed by atoms with Crippen molar-refractivity contribution < 1.29 is 32.6 Å². The second kappa shape index (κ2) is 14.7. The number of hydrogen-bond donors (Lipinski definition) is 2. The Hall–Kier alpha value is -4.97. The van der Waals surface area contributed by atoms with Crippen molar-refractivity contribution in [1.82, 2.24) is 15.1 Å². The number of methoxy groups -OCH3 is 2. The van der Waals surface area contributed by atoms with Crippen LogP contribution in [-0.4, -0.2) is 54.9 Å². The van der Waals surface area contributed by atoms with Crippen molar-refractivity contribution >= 4 is 28.1 Å². The highest BCUT2D eigenvalue weighted by molar-refractivity contribution is 7.61. The zero-order chi connectivity index (χ0) is 36.4. The molecule has 8 rings (SSSR count). The summed E-state index contributed by atoms with van der Waals surface area (Å²) in [5.74, 6) is 0.161. The lowest BCUT2D eigenvalue weighted by molar-refractivity contribution is -0.163. The van der Waals surface area contributed by atoms with Crippen LogP contribution < -0.4 is 14.8 Å². The first kappa shape index (κ1) is 35.8. The van der Waals surface area contributed by atoms with E-state index < -0.39 is 27.9 Å². The van der Waals surface area contributed by atoms with Gasteiger partial charge < -0.3 is 19.9 Å². The standard InChI is InChI=1S/C32H36N4O7S.C7H8/c1-17(2)23-15-22(35-44(40)41)8-9-25(23)36-26(29-27(42-3)6-5-7-28(29)43-4)16-24(34-36)30(37)33-32(31(38)39)20-11-18-10-19(13-20)14-21(32)12-18;1-7-5-3-2-4-6-7/h5-9,15-21H,10-14H2,1-4H3,(H,33,37)(H,38,39);2-6H,1H3. The molecule has 0 atom stereocenters. The van der Waals surface area contributed by atoms with Crippen LogP contribution in [-0.2, 0) is 15.3 Å². The van der Waals surface area contributed by atoms with Crippen LogP contribution in [0.25, 0.3) is 16.9 Å². The maximum absolute atomic E-state index is 14.1. The van der Waals surface area contributed by atoms with E-state index in [2.05, 4.69) is 28.7 Å². The van der Waals surface area contributed by atoms with E-state index in [9.17, 15) is 23.1 Å². The first-order chi connectivity index (χ1) is 24.4. The molecule has 4 fully saturated rings. The first-order valence-corrected chi connectivity index (χ1v) is 18.3. The number of aryl methyl sites for hydroxylation is 1. The molecule has 3 aromatic carbocycles. The molecule has 0 unspecified atom stereocenters. The highest BCUT2D eigenvalue weighted by Gasteiger charge is 2.62. The van der Waals surface area contributed by atoms with Crippen LogP contribution in [0.1, 0.15) is 73.5 Å². The van der Waals surface area contributed by atoms with Crippen molar-refractivity contribution in [2.75, 3.05) is 14.2 Å². The number of carbonyl (C=O) groups is 2. The van der Waals surface area contributed by atoms with Crippen LogP contribution in [0.5, 0.6) is 11.5 Å². The minimum atomic E-state index is -2.63. The number of carboxylic acid groups (broad SMARTS) is 1. The first-order valence-electron chi connectivity index (χ1n) is 17.3. The molecule has 0 aliphatic heterocycles. The van der Waals surface area contributed by atoms with Gasteiger partial charge in [0.2, 0.25) is 0 Å². The van der Waals surface area contributed by atoms with Gasteiger partial charge in [-0.15, -0.1) is 4.36 Å². The third-order valence-electron chi connectivity index (χ3n) is 10.7. The molecule has 0 radical (unpaired) electrons. The van der Waals surface area contributed by atoms with Crippen LogP contribution in [0.2, 0.25) is 0 Å². The average molecular weight is 713 g/mol.